The highest BCUT2D eigenvalue weighted by molar-refractivity contribution is 9.10. The second-order valence-electron chi connectivity index (χ2n) is 2.96. The minimum atomic E-state index is -1.18. The summed E-state index contributed by atoms with van der Waals surface area (Å²) < 4.78 is 0.598. The Kier molecular flexibility index (Phi) is 3.88. The summed E-state index contributed by atoms with van der Waals surface area (Å²) in [6.07, 6.45) is 1.50. The van der Waals surface area contributed by atoms with E-state index in [0.29, 0.717) is 9.86 Å². The maximum atomic E-state index is 10.8. The quantitative estimate of drug-likeness (QED) is 0.831. The molecular formula is C10H7Br2NO3. The van der Waals surface area contributed by atoms with Crippen molar-refractivity contribution in [3.05, 3.63) is 34.4 Å². The van der Waals surface area contributed by atoms with Crippen molar-refractivity contribution in [2.24, 2.45) is 0 Å². The van der Waals surface area contributed by atoms with E-state index in [1.807, 2.05) is 0 Å². The van der Waals surface area contributed by atoms with E-state index < -0.39 is 5.97 Å². The minimum absolute atomic E-state index is 0. The lowest BCUT2D eigenvalue weighted by molar-refractivity contribution is 0.0694. The Morgan fingerprint density at radius 1 is 1.44 bits per heavy atom. The monoisotopic (exact) mass is 347 g/mol. The summed E-state index contributed by atoms with van der Waals surface area (Å²) in [5.41, 5.74) is 0.123. The van der Waals surface area contributed by atoms with E-state index in [2.05, 4.69) is 20.9 Å². The van der Waals surface area contributed by atoms with Crippen molar-refractivity contribution >= 4 is 49.8 Å². The summed E-state index contributed by atoms with van der Waals surface area (Å²) in [4.78, 5) is 14.8. The molecular weight excluding hydrogens is 342 g/mol. The third-order valence-electron chi connectivity index (χ3n) is 2.05. The average molecular weight is 349 g/mol. The number of hydrogen-bond donors (Lipinski definition) is 2. The molecule has 0 aliphatic heterocycles. The number of halogens is 2. The van der Waals surface area contributed by atoms with Gasteiger partial charge in [-0.25, -0.2) is 4.79 Å². The number of rotatable bonds is 1. The summed E-state index contributed by atoms with van der Waals surface area (Å²) in [6, 6.07) is 4.83. The van der Waals surface area contributed by atoms with Gasteiger partial charge in [-0.2, -0.15) is 0 Å². The lowest BCUT2D eigenvalue weighted by atomic mass is 10.1. The van der Waals surface area contributed by atoms with Gasteiger partial charge in [-0.05, 0) is 12.1 Å². The van der Waals surface area contributed by atoms with Crippen LogP contribution in [0.2, 0.25) is 0 Å². The summed E-state index contributed by atoms with van der Waals surface area (Å²) in [5, 5.41) is 19.2. The van der Waals surface area contributed by atoms with Crippen molar-refractivity contribution < 1.29 is 15.0 Å². The zero-order chi connectivity index (χ0) is 11.0. The summed E-state index contributed by atoms with van der Waals surface area (Å²) >= 11 is 3.24. The first-order chi connectivity index (χ1) is 7.11. The summed E-state index contributed by atoms with van der Waals surface area (Å²) in [6.45, 7) is 0. The minimum Gasteiger partial charge on any atom is -0.505 e. The molecule has 16 heavy (non-hydrogen) atoms. The normalized spacial score (nSPS) is 9.81. The van der Waals surface area contributed by atoms with E-state index >= 15 is 0 Å². The molecule has 84 valence electrons. The average Bonchev–Trinajstić information content (AvgIpc) is 2.23. The highest BCUT2D eigenvalue weighted by Gasteiger charge is 2.15. The van der Waals surface area contributed by atoms with Crippen LogP contribution in [0.3, 0.4) is 0 Å². The van der Waals surface area contributed by atoms with Crippen LogP contribution < -0.4 is 0 Å². The highest BCUT2D eigenvalue weighted by atomic mass is 79.9. The molecule has 0 saturated heterocycles. The molecule has 0 radical (unpaired) electrons. The predicted octanol–water partition coefficient (Wildman–Crippen LogP) is 2.98. The molecule has 0 bridgehead atoms. The molecule has 0 amide bonds. The van der Waals surface area contributed by atoms with E-state index in [9.17, 15) is 9.90 Å². The lowest BCUT2D eigenvalue weighted by Crippen LogP contribution is -1.98. The van der Waals surface area contributed by atoms with Crippen molar-refractivity contribution in [3.8, 4) is 5.75 Å². The Morgan fingerprint density at radius 3 is 2.75 bits per heavy atom. The third kappa shape index (κ3) is 2.03. The molecule has 6 heteroatoms. The van der Waals surface area contributed by atoms with Crippen LogP contribution in [0.25, 0.3) is 10.9 Å². The molecule has 2 rings (SSSR count). The van der Waals surface area contributed by atoms with Gasteiger partial charge in [0.2, 0.25) is 0 Å². The Balaban J connectivity index is 0.00000128. The number of carboxylic acid groups (broad SMARTS) is 1. The van der Waals surface area contributed by atoms with Gasteiger partial charge in [0.15, 0.2) is 5.75 Å². The maximum absolute atomic E-state index is 10.8. The number of aromatic hydroxyl groups is 1. The smallest absolute Gasteiger partial charge is 0.339 e. The Bertz CT molecular complexity index is 557. The standard InChI is InChI=1S/C10H6BrNO3.BrH/c11-7-4-6(10(14)15)9(13)8-5(7)2-1-3-12-8;/h1-4,13H,(H,14,15);1H. The van der Waals surface area contributed by atoms with Gasteiger partial charge in [-0.3, -0.25) is 4.98 Å². The number of carbonyl (C=O) groups is 1. The Morgan fingerprint density at radius 2 is 2.12 bits per heavy atom. The zero-order valence-corrected chi connectivity index (χ0v) is 11.1. The first kappa shape index (κ1) is 12.9. The second kappa shape index (κ2) is 4.80. The van der Waals surface area contributed by atoms with Crippen LogP contribution in [0.1, 0.15) is 10.4 Å². The van der Waals surface area contributed by atoms with Crippen molar-refractivity contribution in [2.45, 2.75) is 0 Å². The Hall–Kier alpha value is -1.14. The van der Waals surface area contributed by atoms with E-state index in [4.69, 9.17) is 5.11 Å². The SMILES string of the molecule is Br.O=C(O)c1cc(Br)c2cccnc2c1O. The van der Waals surface area contributed by atoms with E-state index in [1.54, 1.807) is 12.1 Å². The van der Waals surface area contributed by atoms with Crippen molar-refractivity contribution in [3.63, 3.8) is 0 Å². The van der Waals surface area contributed by atoms with Gasteiger partial charge in [0, 0.05) is 16.1 Å². The fraction of sp³-hybridized carbons (Fsp3) is 0. The highest BCUT2D eigenvalue weighted by Crippen LogP contribution is 2.32. The van der Waals surface area contributed by atoms with Crippen LogP contribution >= 0.6 is 32.9 Å². The number of hydrogen-bond acceptors (Lipinski definition) is 3. The van der Waals surface area contributed by atoms with Crippen molar-refractivity contribution in [1.82, 2.24) is 4.98 Å². The van der Waals surface area contributed by atoms with Crippen LogP contribution in [0.15, 0.2) is 28.9 Å². The van der Waals surface area contributed by atoms with Gasteiger partial charge < -0.3 is 10.2 Å². The van der Waals surface area contributed by atoms with Crippen LogP contribution in [-0.2, 0) is 0 Å². The van der Waals surface area contributed by atoms with Crippen LogP contribution in [0.5, 0.6) is 5.75 Å². The van der Waals surface area contributed by atoms with Gasteiger partial charge in [-0.15, -0.1) is 17.0 Å². The number of fused-ring (bicyclic) bond motifs is 1. The molecule has 0 saturated carbocycles. The van der Waals surface area contributed by atoms with Gasteiger partial charge >= 0.3 is 5.97 Å². The molecule has 0 atom stereocenters. The Labute approximate surface area is 110 Å². The molecule has 2 aromatic rings. The van der Waals surface area contributed by atoms with E-state index in [0.717, 1.165) is 0 Å². The van der Waals surface area contributed by atoms with Crippen LogP contribution in [0, 0.1) is 0 Å². The number of pyridine rings is 1. The second-order valence-corrected chi connectivity index (χ2v) is 3.81. The molecule has 1 heterocycles. The number of benzene rings is 1. The van der Waals surface area contributed by atoms with Crippen molar-refractivity contribution in [1.29, 1.82) is 0 Å². The molecule has 4 nitrogen and oxygen atoms in total. The topological polar surface area (TPSA) is 70.4 Å². The molecule has 0 unspecified atom stereocenters. The molecule has 1 aromatic heterocycles. The van der Waals surface area contributed by atoms with Crippen LogP contribution in [-0.4, -0.2) is 21.2 Å². The molecule has 0 spiro atoms. The largest absolute Gasteiger partial charge is 0.505 e. The number of nitrogens with zero attached hydrogens (tertiary/aromatic N) is 1. The molecule has 2 N–H and O–H groups in total. The van der Waals surface area contributed by atoms with E-state index in [1.165, 1.54) is 12.3 Å². The van der Waals surface area contributed by atoms with Gasteiger partial charge in [-0.1, -0.05) is 22.0 Å². The van der Waals surface area contributed by atoms with Crippen molar-refractivity contribution in [2.75, 3.05) is 0 Å². The van der Waals surface area contributed by atoms with Crippen LogP contribution in [0.4, 0.5) is 0 Å². The van der Waals surface area contributed by atoms with E-state index in [-0.39, 0.29) is 33.8 Å². The number of phenols is 1. The predicted molar refractivity (Wildman–Crippen MR) is 68.4 cm³/mol. The maximum Gasteiger partial charge on any atom is 0.339 e. The molecule has 0 aliphatic carbocycles. The first-order valence-corrected chi connectivity index (χ1v) is 4.90. The lowest BCUT2D eigenvalue weighted by Gasteiger charge is -2.05. The van der Waals surface area contributed by atoms with Gasteiger partial charge in [0.05, 0.1) is 0 Å². The fourth-order valence-electron chi connectivity index (χ4n) is 1.35. The number of aromatic nitrogens is 1. The molecule has 1 aromatic carbocycles. The third-order valence-corrected chi connectivity index (χ3v) is 2.70. The van der Waals surface area contributed by atoms with Gasteiger partial charge in [0.1, 0.15) is 11.1 Å². The summed E-state index contributed by atoms with van der Waals surface area (Å²) in [7, 11) is 0. The summed E-state index contributed by atoms with van der Waals surface area (Å²) in [5.74, 6) is -1.48. The zero-order valence-electron chi connectivity index (χ0n) is 7.85. The van der Waals surface area contributed by atoms with Gasteiger partial charge in [0.25, 0.3) is 0 Å². The molecule has 0 aliphatic rings. The number of carboxylic acids is 1. The molecule has 0 fully saturated rings. The first-order valence-electron chi connectivity index (χ1n) is 4.10. The number of aromatic carboxylic acids is 1. The fourth-order valence-corrected chi connectivity index (χ4v) is 1.90.